The van der Waals surface area contributed by atoms with Crippen LogP contribution in [-0.2, 0) is 9.59 Å². The first-order valence-corrected chi connectivity index (χ1v) is 15.5. The van der Waals surface area contributed by atoms with Crippen molar-refractivity contribution in [2.75, 3.05) is 37.1 Å². The van der Waals surface area contributed by atoms with Crippen LogP contribution in [0.3, 0.4) is 0 Å². The van der Waals surface area contributed by atoms with E-state index in [0.717, 1.165) is 29.5 Å². The lowest BCUT2D eigenvalue weighted by Crippen LogP contribution is -2.46. The van der Waals surface area contributed by atoms with Crippen LogP contribution in [0.2, 0.25) is 0 Å². The Hall–Kier alpha value is -4.31. The van der Waals surface area contributed by atoms with Crippen LogP contribution < -0.4 is 14.4 Å². The molecule has 4 heterocycles. The normalized spacial score (nSPS) is 18.5. The van der Waals surface area contributed by atoms with Gasteiger partial charge >= 0.3 is 0 Å². The van der Waals surface area contributed by atoms with Crippen LogP contribution in [0.5, 0.6) is 11.5 Å². The predicted octanol–water partition coefficient (Wildman–Crippen LogP) is 5.83. The molecule has 3 aliphatic heterocycles. The molecule has 3 aromatic carbocycles. The molecule has 1 fully saturated rings. The Kier molecular flexibility index (Phi) is 7.30. The van der Waals surface area contributed by atoms with E-state index in [1.165, 1.54) is 23.9 Å². The third-order valence-electron chi connectivity index (χ3n) is 8.34. The number of fused-ring (bicyclic) bond motifs is 2. The highest BCUT2D eigenvalue weighted by molar-refractivity contribution is 8.00. The zero-order valence-electron chi connectivity index (χ0n) is 23.7. The Labute approximate surface area is 253 Å². The Morgan fingerprint density at radius 3 is 2.51 bits per heavy atom. The van der Waals surface area contributed by atoms with Gasteiger partial charge in [-0.1, -0.05) is 43.3 Å². The van der Waals surface area contributed by atoms with E-state index in [1.54, 1.807) is 21.7 Å². The van der Waals surface area contributed by atoms with Crippen LogP contribution in [0.4, 0.5) is 10.2 Å². The fraction of sp³-hybridized carbons (Fsp3) is 0.303. The van der Waals surface area contributed by atoms with Gasteiger partial charge in [0, 0.05) is 24.2 Å². The van der Waals surface area contributed by atoms with Crippen molar-refractivity contribution in [2.24, 2.45) is 5.92 Å². The average molecular weight is 599 g/mol. The summed E-state index contributed by atoms with van der Waals surface area (Å²) in [6.07, 6.45) is 1.89. The van der Waals surface area contributed by atoms with Crippen molar-refractivity contribution in [3.05, 3.63) is 89.7 Å². The molecule has 0 unspecified atom stereocenters. The number of ether oxygens (including phenoxy) is 2. The van der Waals surface area contributed by atoms with Crippen LogP contribution in [0, 0.1) is 11.7 Å². The number of piperidine rings is 1. The maximum Gasteiger partial charge on any atom is 0.242 e. The molecule has 10 heteroatoms. The predicted molar refractivity (Wildman–Crippen MR) is 163 cm³/mol. The molecule has 43 heavy (non-hydrogen) atoms. The maximum absolute atomic E-state index is 14.0. The molecule has 2 amide bonds. The van der Waals surface area contributed by atoms with Crippen molar-refractivity contribution >= 4 is 29.4 Å². The van der Waals surface area contributed by atoms with Gasteiger partial charge in [-0.15, -0.1) is 11.8 Å². The Morgan fingerprint density at radius 2 is 1.74 bits per heavy atom. The van der Waals surface area contributed by atoms with Crippen molar-refractivity contribution in [1.82, 2.24) is 14.7 Å². The molecular formula is C33H31FN4O4S. The molecule has 0 bridgehead atoms. The van der Waals surface area contributed by atoms with Gasteiger partial charge in [0.05, 0.1) is 22.4 Å². The summed E-state index contributed by atoms with van der Waals surface area (Å²) in [4.78, 5) is 31.1. The van der Waals surface area contributed by atoms with Crippen molar-refractivity contribution < 1.29 is 23.5 Å². The molecule has 1 saturated heterocycles. The van der Waals surface area contributed by atoms with E-state index in [2.05, 4.69) is 6.92 Å². The number of nitrogens with zero attached hydrogens (tertiary/aromatic N) is 4. The zero-order chi connectivity index (χ0) is 29.5. The molecule has 0 aliphatic carbocycles. The van der Waals surface area contributed by atoms with Crippen LogP contribution in [0.15, 0.2) is 72.8 Å². The number of hydrogen-bond acceptors (Lipinski definition) is 6. The van der Waals surface area contributed by atoms with Gasteiger partial charge in [0.2, 0.25) is 18.6 Å². The summed E-state index contributed by atoms with van der Waals surface area (Å²) in [6, 6.07) is 21.6. The van der Waals surface area contributed by atoms with Crippen molar-refractivity contribution in [3.8, 4) is 28.4 Å². The largest absolute Gasteiger partial charge is 0.454 e. The van der Waals surface area contributed by atoms with Crippen molar-refractivity contribution in [2.45, 2.75) is 25.0 Å². The van der Waals surface area contributed by atoms with E-state index in [0.29, 0.717) is 47.7 Å². The van der Waals surface area contributed by atoms with E-state index in [-0.39, 0.29) is 42.0 Å². The molecule has 4 aromatic rings. The van der Waals surface area contributed by atoms with Crippen LogP contribution >= 0.6 is 11.8 Å². The minimum atomic E-state index is -0.374. The summed E-state index contributed by atoms with van der Waals surface area (Å²) in [5.74, 6) is 1.92. The number of likely N-dealkylation sites (tertiary alicyclic amines) is 1. The minimum Gasteiger partial charge on any atom is -0.454 e. The van der Waals surface area contributed by atoms with Gasteiger partial charge in [-0.2, -0.15) is 5.10 Å². The second kappa shape index (κ2) is 11.4. The van der Waals surface area contributed by atoms with E-state index >= 15 is 0 Å². The van der Waals surface area contributed by atoms with Crippen molar-refractivity contribution in [1.29, 1.82) is 0 Å². The molecule has 7 rings (SSSR count). The van der Waals surface area contributed by atoms with E-state index in [1.807, 2.05) is 53.4 Å². The summed E-state index contributed by atoms with van der Waals surface area (Å²) < 4.78 is 27.0. The number of carbonyl (C=O) groups is 2. The first kappa shape index (κ1) is 27.5. The number of hydrogen-bond donors (Lipinski definition) is 0. The summed E-state index contributed by atoms with van der Waals surface area (Å²) in [7, 11) is 0. The van der Waals surface area contributed by atoms with E-state index in [9.17, 15) is 14.0 Å². The number of anilines is 1. The molecule has 1 aromatic heterocycles. The van der Waals surface area contributed by atoms with Gasteiger partial charge in [-0.25, -0.2) is 9.07 Å². The van der Waals surface area contributed by atoms with Crippen LogP contribution in [-0.4, -0.2) is 58.7 Å². The third kappa shape index (κ3) is 5.24. The molecule has 1 atom stereocenters. The summed E-state index contributed by atoms with van der Waals surface area (Å²) in [5.41, 5.74) is 3.89. The summed E-state index contributed by atoms with van der Waals surface area (Å²) in [5, 5.41) is 4.76. The first-order chi connectivity index (χ1) is 21.0. The quantitative estimate of drug-likeness (QED) is 0.288. The fourth-order valence-electron chi connectivity index (χ4n) is 5.92. The molecule has 220 valence electrons. The second-order valence-electron chi connectivity index (χ2n) is 11.2. The molecule has 0 radical (unpaired) electrons. The SMILES string of the molecule is CC1CCN(C(=O)CN2C(=O)CS[C@@H](c3ccc4c(c3)OCO4)c3c(-c4ccccc4)nn(-c4ccc(F)cc4)c32)CC1. The van der Waals surface area contributed by atoms with Gasteiger partial charge in [0.1, 0.15) is 18.2 Å². The highest BCUT2D eigenvalue weighted by Gasteiger charge is 2.39. The van der Waals surface area contributed by atoms with Gasteiger partial charge < -0.3 is 14.4 Å². The number of amides is 2. The first-order valence-electron chi connectivity index (χ1n) is 14.5. The molecule has 0 saturated carbocycles. The fourth-order valence-corrected chi connectivity index (χ4v) is 7.11. The number of benzene rings is 3. The lowest BCUT2D eigenvalue weighted by Gasteiger charge is -2.32. The number of carbonyl (C=O) groups excluding carboxylic acids is 2. The summed E-state index contributed by atoms with van der Waals surface area (Å²) in [6.45, 7) is 3.61. The molecule has 0 spiro atoms. The maximum atomic E-state index is 14.0. The second-order valence-corrected chi connectivity index (χ2v) is 12.3. The topological polar surface area (TPSA) is 76.9 Å². The van der Waals surface area contributed by atoms with Gasteiger partial charge in [0.15, 0.2) is 11.5 Å². The number of thioether (sulfide) groups is 1. The Balaban J connectivity index is 1.42. The van der Waals surface area contributed by atoms with E-state index < -0.39 is 0 Å². The number of aromatic nitrogens is 2. The number of halogens is 1. The smallest absolute Gasteiger partial charge is 0.242 e. The highest BCUT2D eigenvalue weighted by Crippen LogP contribution is 2.50. The van der Waals surface area contributed by atoms with Crippen molar-refractivity contribution in [3.63, 3.8) is 0 Å². The minimum absolute atomic E-state index is 0.0918. The lowest BCUT2D eigenvalue weighted by molar-refractivity contribution is -0.132. The Bertz CT molecular complexity index is 1670. The van der Waals surface area contributed by atoms with Gasteiger partial charge in [-0.05, 0) is 60.7 Å². The highest BCUT2D eigenvalue weighted by atomic mass is 32.2. The molecular weight excluding hydrogens is 567 g/mol. The Morgan fingerprint density at radius 1 is 1.00 bits per heavy atom. The lowest BCUT2D eigenvalue weighted by atomic mass is 9.98. The standard InChI is InChI=1S/C33H31FN4O4S/c1-21-13-15-36(16-14-21)28(39)18-37-29(40)19-43-32(23-7-12-26-27(17-23)42-20-41-26)30-31(22-5-3-2-4-6-22)35-38(33(30)37)25-10-8-24(34)9-11-25/h2-12,17,21,32H,13-16,18-20H2,1H3/t32-/m0/s1. The van der Waals surface area contributed by atoms with E-state index in [4.69, 9.17) is 14.6 Å². The molecule has 8 nitrogen and oxygen atoms in total. The van der Waals surface area contributed by atoms with Gasteiger partial charge in [-0.3, -0.25) is 14.5 Å². The van der Waals surface area contributed by atoms with Gasteiger partial charge in [0.25, 0.3) is 0 Å². The average Bonchev–Trinajstić information content (AvgIpc) is 3.63. The third-order valence-corrected chi connectivity index (χ3v) is 9.59. The van der Waals surface area contributed by atoms with Crippen LogP contribution in [0.25, 0.3) is 16.9 Å². The monoisotopic (exact) mass is 598 g/mol. The number of rotatable bonds is 5. The van der Waals surface area contributed by atoms with Crippen LogP contribution in [0.1, 0.15) is 36.1 Å². The summed E-state index contributed by atoms with van der Waals surface area (Å²) >= 11 is 1.49. The molecule has 3 aliphatic rings. The zero-order valence-corrected chi connectivity index (χ0v) is 24.6. The molecule has 0 N–H and O–H groups in total.